The highest BCUT2D eigenvalue weighted by molar-refractivity contribution is 7.99. The van der Waals surface area contributed by atoms with Crippen LogP contribution in [-0.4, -0.2) is 34.7 Å². The molecule has 1 aliphatic heterocycles. The molecule has 3 rings (SSSR count). The smallest absolute Gasteiger partial charge is 0.287 e. The van der Waals surface area contributed by atoms with Crippen LogP contribution in [-0.2, 0) is 0 Å². The van der Waals surface area contributed by atoms with Crippen LogP contribution in [0.15, 0.2) is 22.6 Å². The monoisotopic (exact) mass is 305 g/mol. The first-order valence-electron chi connectivity index (χ1n) is 7.06. The molecule has 0 aliphatic carbocycles. The van der Waals surface area contributed by atoms with Gasteiger partial charge < -0.3 is 14.8 Å². The van der Waals surface area contributed by atoms with E-state index in [9.17, 15) is 9.90 Å². The molecule has 0 saturated carbocycles. The van der Waals surface area contributed by atoms with Crippen LogP contribution in [0.1, 0.15) is 28.1 Å². The second-order valence-electron chi connectivity index (χ2n) is 5.79. The summed E-state index contributed by atoms with van der Waals surface area (Å²) in [5.74, 6) is 1.64. The number of fused-ring (bicyclic) bond motifs is 1. The van der Waals surface area contributed by atoms with E-state index in [0.717, 1.165) is 28.7 Å². The molecule has 0 radical (unpaired) electrons. The number of rotatable bonds is 3. The molecule has 2 heterocycles. The first kappa shape index (κ1) is 14.5. The number of hydrogen-bond acceptors (Lipinski definition) is 4. The quantitative estimate of drug-likeness (QED) is 0.915. The van der Waals surface area contributed by atoms with Gasteiger partial charge in [0.05, 0.1) is 5.60 Å². The van der Waals surface area contributed by atoms with Crippen molar-refractivity contribution >= 4 is 28.6 Å². The van der Waals surface area contributed by atoms with E-state index in [2.05, 4.69) is 5.32 Å². The van der Waals surface area contributed by atoms with Gasteiger partial charge in [-0.15, -0.1) is 0 Å². The van der Waals surface area contributed by atoms with Crippen molar-refractivity contribution in [3.8, 4) is 0 Å². The summed E-state index contributed by atoms with van der Waals surface area (Å²) in [4.78, 5) is 12.2. The molecule has 1 atom stereocenters. The van der Waals surface area contributed by atoms with E-state index in [1.165, 1.54) is 5.56 Å². The Morgan fingerprint density at radius 3 is 2.86 bits per heavy atom. The molecule has 1 saturated heterocycles. The van der Waals surface area contributed by atoms with Gasteiger partial charge in [0.1, 0.15) is 5.58 Å². The maximum absolute atomic E-state index is 12.2. The van der Waals surface area contributed by atoms with Crippen molar-refractivity contribution in [2.24, 2.45) is 0 Å². The molecule has 1 aliphatic rings. The topological polar surface area (TPSA) is 62.5 Å². The Labute approximate surface area is 127 Å². The van der Waals surface area contributed by atoms with Crippen LogP contribution in [0.4, 0.5) is 0 Å². The number of aliphatic hydroxyl groups is 1. The Hall–Kier alpha value is -1.46. The molecule has 5 heteroatoms. The van der Waals surface area contributed by atoms with Gasteiger partial charge in [-0.2, -0.15) is 11.8 Å². The number of hydrogen-bond donors (Lipinski definition) is 2. The largest absolute Gasteiger partial charge is 0.451 e. The zero-order chi connectivity index (χ0) is 15.0. The van der Waals surface area contributed by atoms with Crippen molar-refractivity contribution in [1.29, 1.82) is 0 Å². The lowest BCUT2D eigenvalue weighted by Crippen LogP contribution is -2.42. The fraction of sp³-hybridized carbons (Fsp3) is 0.438. The van der Waals surface area contributed by atoms with Crippen LogP contribution in [0.3, 0.4) is 0 Å². The number of nitrogens with one attached hydrogen (secondary N) is 1. The van der Waals surface area contributed by atoms with E-state index in [-0.39, 0.29) is 12.5 Å². The van der Waals surface area contributed by atoms with Crippen LogP contribution < -0.4 is 5.32 Å². The Kier molecular flexibility index (Phi) is 3.71. The number of benzene rings is 1. The predicted molar refractivity (Wildman–Crippen MR) is 84.9 cm³/mol. The number of furan rings is 1. The summed E-state index contributed by atoms with van der Waals surface area (Å²) in [7, 11) is 0. The average Bonchev–Trinajstić information content (AvgIpc) is 3.04. The minimum absolute atomic E-state index is 0.271. The van der Waals surface area contributed by atoms with Gasteiger partial charge in [-0.25, -0.2) is 0 Å². The normalized spacial score (nSPS) is 21.9. The summed E-state index contributed by atoms with van der Waals surface area (Å²) in [6, 6.07) is 5.72. The van der Waals surface area contributed by atoms with E-state index < -0.39 is 5.60 Å². The molecular weight excluding hydrogens is 286 g/mol. The second-order valence-corrected chi connectivity index (χ2v) is 6.90. The van der Waals surface area contributed by atoms with Gasteiger partial charge >= 0.3 is 0 Å². The van der Waals surface area contributed by atoms with Crippen molar-refractivity contribution < 1.29 is 14.3 Å². The maximum Gasteiger partial charge on any atom is 0.287 e. The third-order valence-electron chi connectivity index (χ3n) is 4.02. The van der Waals surface area contributed by atoms with Crippen molar-refractivity contribution in [3.05, 3.63) is 35.1 Å². The standard InChI is InChI=1S/C16H19NO3S/c1-10-5-12-7-14(20-13(12)6-11(10)2)15(18)17-8-16(19)3-4-21-9-16/h5-7,19H,3-4,8-9H2,1-2H3,(H,17,18). The van der Waals surface area contributed by atoms with E-state index in [0.29, 0.717) is 11.5 Å². The van der Waals surface area contributed by atoms with E-state index >= 15 is 0 Å². The molecule has 1 aromatic carbocycles. The molecule has 4 nitrogen and oxygen atoms in total. The van der Waals surface area contributed by atoms with Crippen molar-refractivity contribution in [2.75, 3.05) is 18.1 Å². The fourth-order valence-corrected chi connectivity index (χ4v) is 3.78. The number of thioether (sulfide) groups is 1. The molecular formula is C16H19NO3S. The number of carbonyl (C=O) groups is 1. The first-order valence-corrected chi connectivity index (χ1v) is 8.21. The molecule has 1 unspecified atom stereocenters. The highest BCUT2D eigenvalue weighted by Crippen LogP contribution is 2.27. The van der Waals surface area contributed by atoms with Crippen molar-refractivity contribution in [2.45, 2.75) is 25.9 Å². The lowest BCUT2D eigenvalue weighted by molar-refractivity contribution is 0.0603. The van der Waals surface area contributed by atoms with Crippen LogP contribution >= 0.6 is 11.8 Å². The van der Waals surface area contributed by atoms with Crippen LogP contribution in [0, 0.1) is 13.8 Å². The molecule has 1 aromatic heterocycles. The van der Waals surface area contributed by atoms with Crippen molar-refractivity contribution in [1.82, 2.24) is 5.32 Å². The summed E-state index contributed by atoms with van der Waals surface area (Å²) in [5, 5.41) is 13.9. The molecule has 0 bridgehead atoms. The molecule has 112 valence electrons. The zero-order valence-corrected chi connectivity index (χ0v) is 13.0. The Morgan fingerprint density at radius 2 is 2.14 bits per heavy atom. The second kappa shape index (κ2) is 5.39. The fourth-order valence-electron chi connectivity index (χ4n) is 2.48. The Balaban J connectivity index is 1.75. The molecule has 2 aromatic rings. The van der Waals surface area contributed by atoms with Crippen molar-refractivity contribution in [3.63, 3.8) is 0 Å². The molecule has 1 amide bonds. The number of carbonyl (C=O) groups excluding carboxylic acids is 1. The lowest BCUT2D eigenvalue weighted by Gasteiger charge is -2.20. The summed E-state index contributed by atoms with van der Waals surface area (Å²) in [6.07, 6.45) is 0.719. The van der Waals surface area contributed by atoms with Gasteiger partial charge in [-0.1, -0.05) is 0 Å². The van der Waals surface area contributed by atoms with Crippen LogP contribution in [0.5, 0.6) is 0 Å². The minimum Gasteiger partial charge on any atom is -0.451 e. The SMILES string of the molecule is Cc1cc2cc(C(=O)NCC3(O)CCSC3)oc2cc1C. The summed E-state index contributed by atoms with van der Waals surface area (Å²) in [6.45, 7) is 4.33. The van der Waals surface area contributed by atoms with E-state index in [4.69, 9.17) is 4.42 Å². The van der Waals surface area contributed by atoms with Gasteiger partial charge in [0.25, 0.3) is 5.91 Å². The predicted octanol–water partition coefficient (Wildman–Crippen LogP) is 2.65. The Bertz CT molecular complexity index is 647. The number of aryl methyl sites for hydroxylation is 2. The van der Waals surface area contributed by atoms with Gasteiger partial charge in [-0.05, 0) is 55.3 Å². The van der Waals surface area contributed by atoms with Crippen LogP contribution in [0.2, 0.25) is 0 Å². The van der Waals surface area contributed by atoms with Gasteiger partial charge in [-0.3, -0.25) is 4.79 Å². The Morgan fingerprint density at radius 1 is 1.38 bits per heavy atom. The average molecular weight is 305 g/mol. The third kappa shape index (κ3) is 2.94. The minimum atomic E-state index is -0.778. The first-order chi connectivity index (χ1) is 9.97. The zero-order valence-electron chi connectivity index (χ0n) is 12.2. The van der Waals surface area contributed by atoms with Gasteiger partial charge in [0.2, 0.25) is 0 Å². The number of amides is 1. The highest BCUT2D eigenvalue weighted by Gasteiger charge is 2.32. The molecule has 1 fully saturated rings. The van der Waals surface area contributed by atoms with E-state index in [1.807, 2.05) is 26.0 Å². The lowest BCUT2D eigenvalue weighted by atomic mass is 10.0. The van der Waals surface area contributed by atoms with Gasteiger partial charge in [0.15, 0.2) is 5.76 Å². The summed E-state index contributed by atoms with van der Waals surface area (Å²) in [5.41, 5.74) is 2.26. The molecule has 0 spiro atoms. The highest BCUT2D eigenvalue weighted by atomic mass is 32.2. The van der Waals surface area contributed by atoms with E-state index in [1.54, 1.807) is 17.8 Å². The molecule has 2 N–H and O–H groups in total. The maximum atomic E-state index is 12.2. The summed E-state index contributed by atoms with van der Waals surface area (Å²) < 4.78 is 5.61. The molecule has 21 heavy (non-hydrogen) atoms. The summed E-state index contributed by atoms with van der Waals surface area (Å²) >= 11 is 1.71. The van der Waals surface area contributed by atoms with Gasteiger partial charge in [0, 0.05) is 17.7 Å². The third-order valence-corrected chi connectivity index (χ3v) is 5.25. The van der Waals surface area contributed by atoms with Crippen LogP contribution in [0.25, 0.3) is 11.0 Å².